The highest BCUT2D eigenvalue weighted by Gasteiger charge is 2.28. The van der Waals surface area contributed by atoms with Crippen LogP contribution in [-0.4, -0.2) is 59.1 Å². The summed E-state index contributed by atoms with van der Waals surface area (Å²) in [6, 6.07) is 20.2. The molecule has 10 heteroatoms. The molecule has 2 N–H and O–H groups in total. The Kier molecular flexibility index (Phi) is 8.39. The molecule has 2 heterocycles. The van der Waals surface area contributed by atoms with Crippen molar-refractivity contribution in [3.8, 4) is 16.8 Å². The van der Waals surface area contributed by atoms with Crippen molar-refractivity contribution in [3.63, 3.8) is 0 Å². The predicted molar refractivity (Wildman–Crippen MR) is 153 cm³/mol. The van der Waals surface area contributed by atoms with Crippen molar-refractivity contribution in [1.82, 2.24) is 19.8 Å². The highest BCUT2D eigenvalue weighted by molar-refractivity contribution is 5.96. The second-order valence-corrected chi connectivity index (χ2v) is 10.6. The van der Waals surface area contributed by atoms with Gasteiger partial charge in [0.25, 0.3) is 5.91 Å². The molecule has 4 aromatic rings. The first-order chi connectivity index (χ1) is 19.6. The first-order valence-electron chi connectivity index (χ1n) is 13.7. The molecule has 0 radical (unpaired) electrons. The van der Waals surface area contributed by atoms with Gasteiger partial charge in [-0.3, -0.25) is 14.2 Å². The van der Waals surface area contributed by atoms with E-state index in [1.54, 1.807) is 24.5 Å². The van der Waals surface area contributed by atoms with E-state index >= 15 is 0 Å². The molecule has 41 heavy (non-hydrogen) atoms. The van der Waals surface area contributed by atoms with Crippen molar-refractivity contribution >= 4 is 28.5 Å². The molecular formula is C31H32F3N5O2. The minimum absolute atomic E-state index is 0.0819. The van der Waals surface area contributed by atoms with Crippen molar-refractivity contribution in [2.45, 2.75) is 31.9 Å². The summed E-state index contributed by atoms with van der Waals surface area (Å²) in [5.41, 5.74) is 5.09. The van der Waals surface area contributed by atoms with Crippen LogP contribution in [0.3, 0.4) is 0 Å². The number of carbonyl (C=O) groups excluding carboxylic acids is 2. The van der Waals surface area contributed by atoms with Crippen LogP contribution in [0.2, 0.25) is 0 Å². The van der Waals surface area contributed by atoms with Crippen molar-refractivity contribution in [1.29, 1.82) is 0 Å². The van der Waals surface area contributed by atoms with Gasteiger partial charge in [-0.1, -0.05) is 24.3 Å². The van der Waals surface area contributed by atoms with Gasteiger partial charge >= 0.3 is 6.18 Å². The van der Waals surface area contributed by atoms with E-state index in [4.69, 9.17) is 0 Å². The summed E-state index contributed by atoms with van der Waals surface area (Å²) in [6.45, 7) is 2.79. The van der Waals surface area contributed by atoms with Crippen LogP contribution in [0.1, 0.15) is 36.0 Å². The average molecular weight is 564 g/mol. The Labute approximate surface area is 236 Å². The number of fused-ring (bicyclic) bond motifs is 1. The molecule has 3 aromatic carbocycles. The predicted octanol–water partition coefficient (Wildman–Crippen LogP) is 6.05. The zero-order valence-electron chi connectivity index (χ0n) is 22.7. The maximum atomic E-state index is 12.9. The van der Waals surface area contributed by atoms with Gasteiger partial charge in [-0.2, -0.15) is 13.2 Å². The molecule has 1 aliphatic heterocycles. The molecule has 1 saturated heterocycles. The van der Waals surface area contributed by atoms with Crippen LogP contribution >= 0.6 is 0 Å². The fraction of sp³-hybridized carbons (Fsp3) is 0.323. The Morgan fingerprint density at radius 3 is 2.51 bits per heavy atom. The topological polar surface area (TPSA) is 79.3 Å². The summed E-state index contributed by atoms with van der Waals surface area (Å²) < 4.78 is 39.2. The number of carbonyl (C=O) groups is 2. The second kappa shape index (κ2) is 12.1. The number of aromatic nitrogens is 2. The standard InChI is InChI=1S/C31H32F3N5O2/c1-38-14-11-21(12-15-38)19-35-30(41)24-5-2-4-22(16-24)23-8-9-28-27(17-23)36-20-39(28)26-7-3-6-25(18-26)37-29(40)10-13-31(32,33)34/h2-9,16-18,20-21H,10-15,19H2,1H3,(H,35,41)(H,37,40). The lowest BCUT2D eigenvalue weighted by Gasteiger charge is -2.28. The molecule has 1 aromatic heterocycles. The normalized spacial score (nSPS) is 14.7. The molecule has 1 fully saturated rings. The van der Waals surface area contributed by atoms with Gasteiger partial charge in [0, 0.05) is 29.9 Å². The molecule has 0 aliphatic carbocycles. The summed E-state index contributed by atoms with van der Waals surface area (Å²) in [7, 11) is 2.12. The molecule has 0 unspecified atom stereocenters. The molecule has 5 rings (SSSR count). The number of likely N-dealkylation sites (tertiary alicyclic amines) is 1. The lowest BCUT2D eigenvalue weighted by atomic mass is 9.97. The Morgan fingerprint density at radius 1 is 0.976 bits per heavy atom. The van der Waals surface area contributed by atoms with E-state index in [-0.39, 0.29) is 5.91 Å². The van der Waals surface area contributed by atoms with Gasteiger partial charge in [-0.15, -0.1) is 0 Å². The maximum absolute atomic E-state index is 12.9. The lowest BCUT2D eigenvalue weighted by Crippen LogP contribution is -2.36. The van der Waals surface area contributed by atoms with Crippen molar-refractivity contribution in [2.24, 2.45) is 5.92 Å². The third-order valence-corrected chi connectivity index (χ3v) is 7.44. The third kappa shape index (κ3) is 7.32. The molecule has 0 saturated carbocycles. The Hall–Kier alpha value is -4.18. The fourth-order valence-corrected chi connectivity index (χ4v) is 5.06. The van der Waals surface area contributed by atoms with Gasteiger partial charge in [0.2, 0.25) is 5.91 Å². The molecule has 214 valence electrons. The van der Waals surface area contributed by atoms with Crippen LogP contribution < -0.4 is 10.6 Å². The number of nitrogens with one attached hydrogen (secondary N) is 2. The smallest absolute Gasteiger partial charge is 0.352 e. The zero-order valence-corrected chi connectivity index (χ0v) is 22.7. The van der Waals surface area contributed by atoms with Crippen LogP contribution in [0.4, 0.5) is 18.9 Å². The van der Waals surface area contributed by atoms with E-state index in [0.717, 1.165) is 48.1 Å². The Morgan fingerprint density at radius 2 is 1.73 bits per heavy atom. The summed E-state index contributed by atoms with van der Waals surface area (Å²) >= 11 is 0. The Bertz CT molecular complexity index is 1540. The largest absolute Gasteiger partial charge is 0.389 e. The minimum atomic E-state index is -4.38. The van der Waals surface area contributed by atoms with Gasteiger partial charge in [0.05, 0.1) is 17.5 Å². The van der Waals surface area contributed by atoms with Gasteiger partial charge < -0.3 is 15.5 Å². The highest BCUT2D eigenvalue weighted by Crippen LogP contribution is 2.27. The van der Waals surface area contributed by atoms with E-state index < -0.39 is 24.9 Å². The summed E-state index contributed by atoms with van der Waals surface area (Å²) in [4.78, 5) is 31.7. The van der Waals surface area contributed by atoms with Gasteiger partial charge in [0.1, 0.15) is 6.33 Å². The first kappa shape index (κ1) is 28.4. The summed E-state index contributed by atoms with van der Waals surface area (Å²) in [5.74, 6) is -0.277. The van der Waals surface area contributed by atoms with E-state index in [1.165, 1.54) is 0 Å². The van der Waals surface area contributed by atoms with Crippen LogP contribution in [0, 0.1) is 5.92 Å². The number of halogens is 3. The van der Waals surface area contributed by atoms with Crippen LogP contribution in [-0.2, 0) is 4.79 Å². The minimum Gasteiger partial charge on any atom is -0.352 e. The Balaban J connectivity index is 1.28. The molecular weight excluding hydrogens is 531 g/mol. The van der Waals surface area contributed by atoms with E-state index in [2.05, 4.69) is 27.6 Å². The molecule has 7 nitrogen and oxygen atoms in total. The number of imidazole rings is 1. The number of alkyl halides is 3. The number of anilines is 1. The number of benzene rings is 3. The number of nitrogens with zero attached hydrogens (tertiary/aromatic N) is 3. The molecule has 2 amide bonds. The number of piperidine rings is 1. The fourth-order valence-electron chi connectivity index (χ4n) is 5.06. The number of amides is 2. The van der Waals surface area contributed by atoms with Crippen LogP contribution in [0.25, 0.3) is 27.8 Å². The molecule has 0 spiro atoms. The number of hydrogen-bond acceptors (Lipinski definition) is 4. The van der Waals surface area contributed by atoms with Crippen molar-refractivity contribution in [2.75, 3.05) is 32.0 Å². The van der Waals surface area contributed by atoms with E-state index in [1.807, 2.05) is 53.1 Å². The van der Waals surface area contributed by atoms with E-state index in [9.17, 15) is 22.8 Å². The molecule has 1 aliphatic rings. The van der Waals surface area contributed by atoms with Crippen LogP contribution in [0.5, 0.6) is 0 Å². The highest BCUT2D eigenvalue weighted by atomic mass is 19.4. The zero-order chi connectivity index (χ0) is 29.0. The number of rotatable bonds is 8. The first-order valence-corrected chi connectivity index (χ1v) is 13.7. The third-order valence-electron chi connectivity index (χ3n) is 7.44. The second-order valence-electron chi connectivity index (χ2n) is 10.6. The molecule has 0 atom stereocenters. The van der Waals surface area contributed by atoms with Crippen LogP contribution in [0.15, 0.2) is 73.1 Å². The SMILES string of the molecule is CN1CCC(CNC(=O)c2cccc(-c3ccc4c(c3)ncn4-c3cccc(NC(=O)CCC(F)(F)F)c3)c2)CC1. The van der Waals surface area contributed by atoms with Gasteiger partial charge in [-0.05, 0) is 92.5 Å². The van der Waals surface area contributed by atoms with Gasteiger partial charge in [-0.25, -0.2) is 4.98 Å². The van der Waals surface area contributed by atoms with Crippen molar-refractivity contribution in [3.05, 3.63) is 78.6 Å². The van der Waals surface area contributed by atoms with Gasteiger partial charge in [0.15, 0.2) is 0 Å². The van der Waals surface area contributed by atoms with Crippen molar-refractivity contribution < 1.29 is 22.8 Å². The number of hydrogen-bond donors (Lipinski definition) is 2. The lowest BCUT2D eigenvalue weighted by molar-refractivity contribution is -0.142. The maximum Gasteiger partial charge on any atom is 0.389 e. The summed E-state index contributed by atoms with van der Waals surface area (Å²) in [6.07, 6.45) is -2.35. The average Bonchev–Trinajstić information content (AvgIpc) is 3.39. The summed E-state index contributed by atoms with van der Waals surface area (Å²) in [5, 5.41) is 5.63. The quantitative estimate of drug-likeness (QED) is 0.274. The molecule has 0 bridgehead atoms. The van der Waals surface area contributed by atoms with E-state index in [0.29, 0.717) is 29.4 Å². The monoisotopic (exact) mass is 563 g/mol.